The lowest BCUT2D eigenvalue weighted by Crippen LogP contribution is -2.16. The van der Waals surface area contributed by atoms with Crippen LogP contribution in [0.25, 0.3) is 10.9 Å². The fraction of sp³-hybridized carbons (Fsp3) is 0.308. The maximum atomic E-state index is 6.09. The maximum absolute atomic E-state index is 6.09. The van der Waals surface area contributed by atoms with Gasteiger partial charge >= 0.3 is 0 Å². The Morgan fingerprint density at radius 1 is 1.20 bits per heavy atom. The van der Waals surface area contributed by atoms with Gasteiger partial charge in [0.2, 0.25) is 0 Å². The molecule has 1 aromatic carbocycles. The van der Waals surface area contributed by atoms with Gasteiger partial charge in [-0.2, -0.15) is 0 Å². The van der Waals surface area contributed by atoms with Gasteiger partial charge in [0.1, 0.15) is 0 Å². The van der Waals surface area contributed by atoms with Gasteiger partial charge in [-0.25, -0.2) is 0 Å². The van der Waals surface area contributed by atoms with E-state index < -0.39 is 0 Å². The van der Waals surface area contributed by atoms with Gasteiger partial charge in [-0.3, -0.25) is 4.98 Å². The Balaban J connectivity index is 2.47. The van der Waals surface area contributed by atoms with Crippen LogP contribution in [0.15, 0.2) is 36.5 Å². The summed E-state index contributed by atoms with van der Waals surface area (Å²) in [5, 5.41) is 1.16. The maximum Gasteiger partial charge on any atom is 0.0702 e. The molecule has 0 aliphatic carbocycles. The van der Waals surface area contributed by atoms with Crippen LogP contribution in [-0.2, 0) is 0 Å². The quantitative estimate of drug-likeness (QED) is 0.809. The molecule has 2 aromatic rings. The molecular formula is C13H16N2. The van der Waals surface area contributed by atoms with Crippen molar-refractivity contribution in [2.75, 3.05) is 0 Å². The normalized spacial score (nSPS) is 13.3. The molecule has 1 aromatic heterocycles. The summed E-state index contributed by atoms with van der Waals surface area (Å²) < 4.78 is 0. The Morgan fingerprint density at radius 3 is 2.67 bits per heavy atom. The lowest BCUT2D eigenvalue weighted by molar-refractivity contribution is 0.513. The summed E-state index contributed by atoms with van der Waals surface area (Å²) in [5.41, 5.74) is 8.23. The largest absolute Gasteiger partial charge is 0.324 e. The van der Waals surface area contributed by atoms with Crippen LogP contribution in [0.4, 0.5) is 0 Å². The molecular weight excluding hydrogens is 184 g/mol. The summed E-state index contributed by atoms with van der Waals surface area (Å²) in [4.78, 5) is 4.40. The van der Waals surface area contributed by atoms with Crippen molar-refractivity contribution in [3.8, 4) is 0 Å². The number of fused-ring (bicyclic) bond motifs is 1. The van der Waals surface area contributed by atoms with E-state index in [-0.39, 0.29) is 6.04 Å². The second-order valence-corrected chi connectivity index (χ2v) is 4.23. The molecule has 0 saturated carbocycles. The van der Waals surface area contributed by atoms with Crippen LogP contribution in [0.3, 0.4) is 0 Å². The molecule has 0 spiro atoms. The van der Waals surface area contributed by atoms with Crippen molar-refractivity contribution in [1.29, 1.82) is 0 Å². The van der Waals surface area contributed by atoms with E-state index in [0.717, 1.165) is 16.5 Å². The van der Waals surface area contributed by atoms with E-state index in [1.54, 1.807) is 0 Å². The minimum absolute atomic E-state index is 0.0714. The number of aromatic nitrogens is 1. The van der Waals surface area contributed by atoms with Gasteiger partial charge in [0.05, 0.1) is 5.52 Å². The Hall–Kier alpha value is -1.41. The number of para-hydroxylation sites is 1. The van der Waals surface area contributed by atoms with Crippen molar-refractivity contribution in [2.45, 2.75) is 19.9 Å². The third-order valence-electron chi connectivity index (χ3n) is 2.71. The van der Waals surface area contributed by atoms with Gasteiger partial charge in [0.25, 0.3) is 0 Å². The van der Waals surface area contributed by atoms with E-state index in [1.165, 1.54) is 0 Å². The molecule has 0 bridgehead atoms. The molecule has 1 unspecified atom stereocenters. The van der Waals surface area contributed by atoms with Crippen LogP contribution >= 0.6 is 0 Å². The second-order valence-electron chi connectivity index (χ2n) is 4.23. The molecule has 2 heteroatoms. The molecule has 1 atom stereocenters. The highest BCUT2D eigenvalue weighted by Gasteiger charge is 2.10. The van der Waals surface area contributed by atoms with Crippen molar-refractivity contribution in [3.05, 3.63) is 42.1 Å². The molecule has 0 amide bonds. The van der Waals surface area contributed by atoms with E-state index in [2.05, 4.69) is 31.0 Å². The van der Waals surface area contributed by atoms with Crippen LogP contribution in [0.5, 0.6) is 0 Å². The molecule has 2 rings (SSSR count). The Morgan fingerprint density at radius 2 is 1.93 bits per heavy atom. The molecule has 0 aliphatic heterocycles. The van der Waals surface area contributed by atoms with Crippen LogP contribution in [-0.4, -0.2) is 4.98 Å². The van der Waals surface area contributed by atoms with E-state index in [0.29, 0.717) is 5.92 Å². The summed E-state index contributed by atoms with van der Waals surface area (Å²) in [6.07, 6.45) is 1.88. The van der Waals surface area contributed by atoms with Gasteiger partial charge in [-0.15, -0.1) is 0 Å². The molecule has 1 heterocycles. The third kappa shape index (κ3) is 2.00. The molecule has 0 fully saturated rings. The summed E-state index contributed by atoms with van der Waals surface area (Å²) in [7, 11) is 0. The predicted octanol–water partition coefficient (Wildman–Crippen LogP) is 2.89. The van der Waals surface area contributed by atoms with Crippen molar-refractivity contribution in [1.82, 2.24) is 4.98 Å². The number of benzene rings is 1. The number of nitrogens with zero attached hydrogens (tertiary/aromatic N) is 1. The number of nitrogens with two attached hydrogens (primary N) is 1. The van der Waals surface area contributed by atoms with Crippen LogP contribution in [0.2, 0.25) is 0 Å². The molecule has 2 nitrogen and oxygen atoms in total. The van der Waals surface area contributed by atoms with Crippen LogP contribution in [0.1, 0.15) is 25.5 Å². The van der Waals surface area contributed by atoms with Crippen molar-refractivity contribution >= 4 is 10.9 Å². The molecule has 0 aliphatic rings. The van der Waals surface area contributed by atoms with Gasteiger partial charge in [0, 0.05) is 17.6 Å². The smallest absolute Gasteiger partial charge is 0.0702 e. The SMILES string of the molecule is CC(C)C(N)c1cnc2ccccc2c1. The van der Waals surface area contributed by atoms with Gasteiger partial charge in [-0.1, -0.05) is 32.0 Å². The van der Waals surface area contributed by atoms with Crippen LogP contribution in [0, 0.1) is 5.92 Å². The minimum atomic E-state index is 0.0714. The average molecular weight is 200 g/mol. The second kappa shape index (κ2) is 3.99. The van der Waals surface area contributed by atoms with Gasteiger partial charge in [0.15, 0.2) is 0 Å². The fourth-order valence-electron chi connectivity index (χ4n) is 1.66. The lowest BCUT2D eigenvalue weighted by Gasteiger charge is -2.15. The molecule has 2 N–H and O–H groups in total. The van der Waals surface area contributed by atoms with E-state index in [4.69, 9.17) is 5.73 Å². The highest BCUT2D eigenvalue weighted by Crippen LogP contribution is 2.21. The predicted molar refractivity (Wildman–Crippen MR) is 63.5 cm³/mol. The summed E-state index contributed by atoms with van der Waals surface area (Å²) in [5.74, 6) is 0.438. The summed E-state index contributed by atoms with van der Waals surface area (Å²) >= 11 is 0. The highest BCUT2D eigenvalue weighted by molar-refractivity contribution is 5.78. The molecule has 0 saturated heterocycles. The first-order valence-corrected chi connectivity index (χ1v) is 5.29. The Kier molecular flexibility index (Phi) is 2.69. The highest BCUT2D eigenvalue weighted by atomic mass is 14.7. The number of pyridine rings is 1. The zero-order chi connectivity index (χ0) is 10.8. The van der Waals surface area contributed by atoms with Gasteiger partial charge in [-0.05, 0) is 23.6 Å². The van der Waals surface area contributed by atoms with Crippen molar-refractivity contribution in [2.24, 2.45) is 11.7 Å². The Labute approximate surface area is 90.1 Å². The molecule has 15 heavy (non-hydrogen) atoms. The number of hydrogen-bond acceptors (Lipinski definition) is 2. The number of rotatable bonds is 2. The first-order chi connectivity index (χ1) is 7.18. The summed E-state index contributed by atoms with van der Waals surface area (Å²) in [6, 6.07) is 10.3. The third-order valence-corrected chi connectivity index (χ3v) is 2.71. The van der Waals surface area contributed by atoms with Crippen molar-refractivity contribution in [3.63, 3.8) is 0 Å². The lowest BCUT2D eigenvalue weighted by atomic mass is 9.97. The zero-order valence-corrected chi connectivity index (χ0v) is 9.14. The Bertz CT molecular complexity index is 463. The van der Waals surface area contributed by atoms with E-state index in [1.807, 2.05) is 24.4 Å². The summed E-state index contributed by atoms with van der Waals surface area (Å²) in [6.45, 7) is 4.25. The first kappa shape index (κ1) is 10.1. The zero-order valence-electron chi connectivity index (χ0n) is 9.14. The fourth-order valence-corrected chi connectivity index (χ4v) is 1.66. The monoisotopic (exact) mass is 200 g/mol. The van der Waals surface area contributed by atoms with Gasteiger partial charge < -0.3 is 5.73 Å². The van der Waals surface area contributed by atoms with E-state index in [9.17, 15) is 0 Å². The number of hydrogen-bond donors (Lipinski definition) is 1. The van der Waals surface area contributed by atoms with E-state index >= 15 is 0 Å². The topological polar surface area (TPSA) is 38.9 Å². The van der Waals surface area contributed by atoms with Crippen LogP contribution < -0.4 is 5.73 Å². The standard InChI is InChI=1S/C13H16N2/c1-9(2)13(14)11-7-10-5-3-4-6-12(10)15-8-11/h3-9,13H,14H2,1-2H3. The average Bonchev–Trinajstić information content (AvgIpc) is 2.27. The molecule has 78 valence electrons. The minimum Gasteiger partial charge on any atom is -0.324 e. The van der Waals surface area contributed by atoms with Crippen molar-refractivity contribution < 1.29 is 0 Å². The first-order valence-electron chi connectivity index (χ1n) is 5.29. The molecule has 0 radical (unpaired) electrons.